The van der Waals surface area contributed by atoms with Crippen LogP contribution in [0.1, 0.15) is 48.7 Å². The number of nitrogens with zero attached hydrogens (tertiary/aromatic N) is 3. The molecule has 0 radical (unpaired) electrons. The van der Waals surface area contributed by atoms with Crippen molar-refractivity contribution in [3.05, 3.63) is 41.7 Å². The van der Waals surface area contributed by atoms with E-state index in [1.807, 2.05) is 12.1 Å². The Morgan fingerprint density at radius 1 is 1.20 bits per heavy atom. The molecule has 2 rings (SSSR count). The van der Waals surface area contributed by atoms with Crippen molar-refractivity contribution in [3.8, 4) is 5.69 Å². The highest BCUT2D eigenvalue weighted by atomic mass is 16.1. The molecule has 0 spiro atoms. The van der Waals surface area contributed by atoms with E-state index >= 15 is 0 Å². The van der Waals surface area contributed by atoms with Gasteiger partial charge in [0.25, 0.3) is 5.91 Å². The monoisotopic (exact) mass is 272 g/mol. The van der Waals surface area contributed by atoms with Crippen LogP contribution < -0.4 is 5.73 Å². The number of aromatic nitrogens is 3. The summed E-state index contributed by atoms with van der Waals surface area (Å²) in [6.07, 6.45) is 7.70. The molecule has 2 N–H and O–H groups in total. The van der Waals surface area contributed by atoms with E-state index in [-0.39, 0.29) is 5.69 Å². The van der Waals surface area contributed by atoms with E-state index in [2.05, 4.69) is 29.4 Å². The van der Waals surface area contributed by atoms with Gasteiger partial charge in [-0.2, -0.15) is 0 Å². The summed E-state index contributed by atoms with van der Waals surface area (Å²) in [4.78, 5) is 11.0. The fourth-order valence-electron chi connectivity index (χ4n) is 2.07. The highest BCUT2D eigenvalue weighted by Crippen LogP contribution is 2.12. The van der Waals surface area contributed by atoms with Gasteiger partial charge in [0, 0.05) is 0 Å². The van der Waals surface area contributed by atoms with Gasteiger partial charge in [-0.15, -0.1) is 5.10 Å². The molecule has 0 unspecified atom stereocenters. The first-order valence-corrected chi connectivity index (χ1v) is 7.02. The van der Waals surface area contributed by atoms with Crippen molar-refractivity contribution < 1.29 is 4.79 Å². The van der Waals surface area contributed by atoms with Gasteiger partial charge in [-0.1, -0.05) is 43.5 Å². The van der Waals surface area contributed by atoms with E-state index in [1.165, 1.54) is 31.2 Å². The molecule has 5 nitrogen and oxygen atoms in total. The average Bonchev–Trinajstić information content (AvgIpc) is 2.94. The standard InChI is InChI=1S/C15H20N4O/c1-2-3-4-5-6-12-7-9-13(10-8-12)19-11-14(15(16)20)17-18-19/h7-11H,2-6H2,1H3,(H2,16,20). The van der Waals surface area contributed by atoms with Crippen LogP contribution in [0.5, 0.6) is 0 Å². The second-order valence-corrected chi connectivity index (χ2v) is 4.89. The fourth-order valence-corrected chi connectivity index (χ4v) is 2.07. The lowest BCUT2D eigenvalue weighted by molar-refractivity contribution is 0.0995. The Hall–Kier alpha value is -2.17. The third-order valence-corrected chi connectivity index (χ3v) is 3.27. The molecule has 1 amide bonds. The molecule has 0 aliphatic rings. The predicted octanol–water partition coefficient (Wildman–Crippen LogP) is 2.49. The van der Waals surface area contributed by atoms with Gasteiger partial charge in [0.05, 0.1) is 11.9 Å². The van der Waals surface area contributed by atoms with Gasteiger partial charge in [-0.05, 0) is 30.5 Å². The van der Waals surface area contributed by atoms with Crippen LogP contribution >= 0.6 is 0 Å². The van der Waals surface area contributed by atoms with Crippen molar-refractivity contribution >= 4 is 5.91 Å². The highest BCUT2D eigenvalue weighted by molar-refractivity contribution is 5.90. The lowest BCUT2D eigenvalue weighted by Gasteiger charge is -2.03. The van der Waals surface area contributed by atoms with E-state index in [1.54, 1.807) is 10.9 Å². The Morgan fingerprint density at radius 3 is 2.55 bits per heavy atom. The number of benzene rings is 1. The Morgan fingerprint density at radius 2 is 1.95 bits per heavy atom. The minimum absolute atomic E-state index is 0.175. The Bertz CT molecular complexity index is 560. The van der Waals surface area contributed by atoms with E-state index in [0.717, 1.165) is 12.1 Å². The number of hydrogen-bond donors (Lipinski definition) is 1. The Kier molecular flexibility index (Phi) is 4.87. The summed E-state index contributed by atoms with van der Waals surface area (Å²) in [5.74, 6) is -0.566. The number of carbonyl (C=O) groups is 1. The minimum Gasteiger partial charge on any atom is -0.364 e. The molecule has 1 aromatic heterocycles. The topological polar surface area (TPSA) is 73.8 Å². The number of primary amides is 1. The van der Waals surface area contributed by atoms with Crippen molar-refractivity contribution in [3.63, 3.8) is 0 Å². The molecule has 0 aliphatic carbocycles. The summed E-state index contributed by atoms with van der Waals surface area (Å²) < 4.78 is 1.56. The third-order valence-electron chi connectivity index (χ3n) is 3.27. The van der Waals surface area contributed by atoms with Crippen LogP contribution in [0.4, 0.5) is 0 Å². The zero-order valence-electron chi connectivity index (χ0n) is 11.7. The quantitative estimate of drug-likeness (QED) is 0.787. The molecule has 0 aliphatic heterocycles. The summed E-state index contributed by atoms with van der Waals surface area (Å²) in [7, 11) is 0. The molecular weight excluding hydrogens is 252 g/mol. The summed E-state index contributed by atoms with van der Waals surface area (Å²) >= 11 is 0. The molecular formula is C15H20N4O. The Labute approximate surface area is 118 Å². The van der Waals surface area contributed by atoms with Crippen LogP contribution in [0.25, 0.3) is 5.69 Å². The van der Waals surface area contributed by atoms with Crippen LogP contribution in [0.2, 0.25) is 0 Å². The zero-order valence-corrected chi connectivity index (χ0v) is 11.7. The molecule has 1 aromatic carbocycles. The van der Waals surface area contributed by atoms with E-state index in [9.17, 15) is 4.79 Å². The summed E-state index contributed by atoms with van der Waals surface area (Å²) in [5, 5.41) is 7.61. The number of carbonyl (C=O) groups excluding carboxylic acids is 1. The average molecular weight is 272 g/mol. The van der Waals surface area contributed by atoms with E-state index < -0.39 is 5.91 Å². The number of amides is 1. The van der Waals surface area contributed by atoms with Gasteiger partial charge in [0.1, 0.15) is 0 Å². The maximum atomic E-state index is 11.0. The lowest BCUT2D eigenvalue weighted by Crippen LogP contribution is -2.11. The molecule has 2 aromatic rings. The molecule has 106 valence electrons. The van der Waals surface area contributed by atoms with Gasteiger partial charge in [0.15, 0.2) is 5.69 Å². The van der Waals surface area contributed by atoms with Crippen molar-refractivity contribution in [2.24, 2.45) is 5.73 Å². The van der Waals surface area contributed by atoms with Crippen molar-refractivity contribution in [1.82, 2.24) is 15.0 Å². The highest BCUT2D eigenvalue weighted by Gasteiger charge is 2.07. The number of unbranched alkanes of at least 4 members (excludes halogenated alkanes) is 3. The molecule has 0 saturated carbocycles. The lowest BCUT2D eigenvalue weighted by atomic mass is 10.1. The van der Waals surface area contributed by atoms with Gasteiger partial charge < -0.3 is 5.73 Å². The smallest absolute Gasteiger partial charge is 0.270 e. The summed E-state index contributed by atoms with van der Waals surface area (Å²) in [5.41, 5.74) is 7.53. The number of rotatable bonds is 7. The third kappa shape index (κ3) is 3.66. The predicted molar refractivity (Wildman–Crippen MR) is 77.7 cm³/mol. The van der Waals surface area contributed by atoms with Gasteiger partial charge >= 0.3 is 0 Å². The van der Waals surface area contributed by atoms with Crippen LogP contribution in [0, 0.1) is 0 Å². The second-order valence-electron chi connectivity index (χ2n) is 4.89. The zero-order chi connectivity index (χ0) is 14.4. The molecule has 0 atom stereocenters. The van der Waals surface area contributed by atoms with Crippen LogP contribution in [0.15, 0.2) is 30.5 Å². The van der Waals surface area contributed by atoms with Gasteiger partial charge in [-0.3, -0.25) is 4.79 Å². The molecule has 5 heteroatoms. The second kappa shape index (κ2) is 6.84. The minimum atomic E-state index is -0.566. The van der Waals surface area contributed by atoms with Crippen LogP contribution in [-0.2, 0) is 6.42 Å². The van der Waals surface area contributed by atoms with Gasteiger partial charge in [0.2, 0.25) is 0 Å². The maximum Gasteiger partial charge on any atom is 0.270 e. The Balaban J connectivity index is 1.98. The largest absolute Gasteiger partial charge is 0.364 e. The number of aryl methyl sites for hydroxylation is 1. The van der Waals surface area contributed by atoms with Crippen molar-refractivity contribution in [2.45, 2.75) is 39.0 Å². The molecule has 20 heavy (non-hydrogen) atoms. The molecule has 1 heterocycles. The normalized spacial score (nSPS) is 10.7. The van der Waals surface area contributed by atoms with E-state index in [4.69, 9.17) is 5.73 Å². The molecule has 0 fully saturated rings. The molecule has 0 bridgehead atoms. The number of nitrogens with two attached hydrogens (primary N) is 1. The first kappa shape index (κ1) is 14.2. The van der Waals surface area contributed by atoms with E-state index in [0.29, 0.717) is 0 Å². The van der Waals surface area contributed by atoms with Gasteiger partial charge in [-0.25, -0.2) is 4.68 Å². The first-order chi connectivity index (χ1) is 9.70. The fraction of sp³-hybridized carbons (Fsp3) is 0.400. The SMILES string of the molecule is CCCCCCc1ccc(-n2cc(C(N)=O)nn2)cc1. The van der Waals surface area contributed by atoms with Crippen LogP contribution in [0.3, 0.4) is 0 Å². The summed E-state index contributed by atoms with van der Waals surface area (Å²) in [6.45, 7) is 2.22. The number of hydrogen-bond acceptors (Lipinski definition) is 3. The van der Waals surface area contributed by atoms with Crippen LogP contribution in [-0.4, -0.2) is 20.9 Å². The van der Waals surface area contributed by atoms with Crippen molar-refractivity contribution in [2.75, 3.05) is 0 Å². The first-order valence-electron chi connectivity index (χ1n) is 7.02. The van der Waals surface area contributed by atoms with Crippen molar-refractivity contribution in [1.29, 1.82) is 0 Å². The maximum absolute atomic E-state index is 11.0. The summed E-state index contributed by atoms with van der Waals surface area (Å²) in [6, 6.07) is 8.14. The molecule has 0 saturated heterocycles.